The fourth-order valence-corrected chi connectivity index (χ4v) is 5.24. The highest BCUT2D eigenvalue weighted by Gasteiger charge is 2.67. The first-order valence-corrected chi connectivity index (χ1v) is 11.6. The molecule has 2 aromatic rings. The molecular weight excluding hydrogens is 408 g/mol. The lowest BCUT2D eigenvalue weighted by atomic mass is 9.89. The fraction of sp³-hybridized carbons (Fsp3) is 0.538. The van der Waals surface area contributed by atoms with E-state index in [1.54, 1.807) is 0 Å². The maximum Gasteiger partial charge on any atom is 0.169 e. The number of hydrogen-bond donors (Lipinski definition) is 2. The molecule has 172 valence electrons. The molecule has 5 atom stereocenters. The Kier molecular flexibility index (Phi) is 6.34. The van der Waals surface area contributed by atoms with Crippen LogP contribution >= 0.6 is 0 Å². The van der Waals surface area contributed by atoms with Gasteiger partial charge in [0.25, 0.3) is 0 Å². The highest BCUT2D eigenvalue weighted by atomic mass is 16.7. The van der Waals surface area contributed by atoms with Crippen molar-refractivity contribution >= 4 is 0 Å². The Morgan fingerprint density at radius 1 is 0.844 bits per heavy atom. The molecular formula is C26H32O6. The van der Waals surface area contributed by atoms with Crippen molar-refractivity contribution in [2.75, 3.05) is 6.61 Å². The Balaban J connectivity index is 1.40. The highest BCUT2D eigenvalue weighted by molar-refractivity contribution is 5.18. The zero-order valence-corrected chi connectivity index (χ0v) is 18.3. The zero-order valence-electron chi connectivity index (χ0n) is 18.3. The summed E-state index contributed by atoms with van der Waals surface area (Å²) in [5, 5.41) is 22.2. The van der Waals surface area contributed by atoms with E-state index < -0.39 is 35.8 Å². The Morgan fingerprint density at radius 3 is 2.12 bits per heavy atom. The Hall–Kier alpha value is -1.80. The van der Waals surface area contributed by atoms with E-state index in [2.05, 4.69) is 0 Å². The summed E-state index contributed by atoms with van der Waals surface area (Å²) in [7, 11) is 0. The van der Waals surface area contributed by atoms with E-state index in [1.807, 2.05) is 60.7 Å². The fourth-order valence-electron chi connectivity index (χ4n) is 5.24. The largest absolute Gasteiger partial charge is 0.387 e. The Morgan fingerprint density at radius 2 is 1.47 bits per heavy atom. The SMILES string of the molecule is OC1C(OCc2ccccc2)C2OC3(CCCCC3)OCC2(OCc2ccccc2)C1O. The second-order valence-electron chi connectivity index (χ2n) is 9.22. The topological polar surface area (TPSA) is 77.4 Å². The average molecular weight is 441 g/mol. The van der Waals surface area contributed by atoms with Crippen molar-refractivity contribution in [3.63, 3.8) is 0 Å². The minimum absolute atomic E-state index is 0.161. The van der Waals surface area contributed by atoms with Gasteiger partial charge in [-0.2, -0.15) is 0 Å². The number of fused-ring (bicyclic) bond motifs is 1. The van der Waals surface area contributed by atoms with Crippen LogP contribution in [-0.2, 0) is 32.2 Å². The van der Waals surface area contributed by atoms with Gasteiger partial charge in [0.2, 0.25) is 0 Å². The molecule has 2 saturated carbocycles. The van der Waals surface area contributed by atoms with Crippen LogP contribution in [0.3, 0.4) is 0 Å². The lowest BCUT2D eigenvalue weighted by Crippen LogP contribution is -2.64. The van der Waals surface area contributed by atoms with Gasteiger partial charge in [-0.3, -0.25) is 0 Å². The van der Waals surface area contributed by atoms with Crippen molar-refractivity contribution in [1.29, 1.82) is 0 Å². The van der Waals surface area contributed by atoms with Crippen molar-refractivity contribution in [2.24, 2.45) is 0 Å². The average Bonchev–Trinajstić information content (AvgIpc) is 3.04. The molecule has 32 heavy (non-hydrogen) atoms. The standard InChI is InChI=1S/C26H32O6/c27-21-22(29-16-19-10-4-1-5-11-19)24-26(23(21)28,30-17-20-12-6-2-7-13-20)18-31-25(32-24)14-8-3-9-15-25/h1-2,4-7,10-13,21-24,27-28H,3,8-9,14-18H2. The Labute approximate surface area is 189 Å². The van der Waals surface area contributed by atoms with E-state index in [4.69, 9.17) is 18.9 Å². The maximum atomic E-state index is 11.2. The van der Waals surface area contributed by atoms with E-state index in [1.165, 1.54) is 0 Å². The normalized spacial score (nSPS) is 33.8. The predicted octanol–water partition coefficient (Wildman–Crippen LogP) is 3.34. The molecule has 5 rings (SSSR count). The van der Waals surface area contributed by atoms with E-state index in [9.17, 15) is 10.2 Å². The van der Waals surface area contributed by atoms with Gasteiger partial charge in [0.1, 0.15) is 30.0 Å². The second kappa shape index (κ2) is 9.21. The van der Waals surface area contributed by atoms with Crippen molar-refractivity contribution in [2.45, 2.75) is 81.1 Å². The Bertz CT molecular complexity index is 868. The zero-order chi connectivity index (χ0) is 22.0. The van der Waals surface area contributed by atoms with Crippen LogP contribution in [-0.4, -0.2) is 52.6 Å². The number of benzene rings is 2. The van der Waals surface area contributed by atoms with Crippen LogP contribution in [0, 0.1) is 0 Å². The van der Waals surface area contributed by atoms with Gasteiger partial charge >= 0.3 is 0 Å². The molecule has 2 aromatic carbocycles. The van der Waals surface area contributed by atoms with Crippen LogP contribution in [0.4, 0.5) is 0 Å². The predicted molar refractivity (Wildman–Crippen MR) is 118 cm³/mol. The minimum atomic E-state index is -1.20. The first kappa shape index (κ1) is 22.0. The molecule has 3 aliphatic rings. The lowest BCUT2D eigenvalue weighted by molar-refractivity contribution is -0.375. The number of ether oxygens (including phenoxy) is 4. The first-order valence-electron chi connectivity index (χ1n) is 11.6. The highest BCUT2D eigenvalue weighted by Crippen LogP contribution is 2.48. The molecule has 2 aliphatic carbocycles. The lowest BCUT2D eigenvalue weighted by Gasteiger charge is -2.51. The molecule has 6 heteroatoms. The summed E-state index contributed by atoms with van der Waals surface area (Å²) in [6, 6.07) is 19.6. The summed E-state index contributed by atoms with van der Waals surface area (Å²) >= 11 is 0. The minimum Gasteiger partial charge on any atom is -0.387 e. The van der Waals surface area contributed by atoms with Gasteiger partial charge in [-0.25, -0.2) is 0 Å². The third-order valence-corrected chi connectivity index (χ3v) is 7.09. The van der Waals surface area contributed by atoms with Gasteiger partial charge in [0, 0.05) is 12.8 Å². The second-order valence-corrected chi connectivity index (χ2v) is 9.22. The molecule has 1 aliphatic heterocycles. The summed E-state index contributed by atoms with van der Waals surface area (Å²) in [6.45, 7) is 0.762. The van der Waals surface area contributed by atoms with E-state index in [0.717, 1.165) is 43.2 Å². The molecule has 3 fully saturated rings. The van der Waals surface area contributed by atoms with Crippen LogP contribution in [0.15, 0.2) is 60.7 Å². The van der Waals surface area contributed by atoms with Gasteiger partial charge in [0.15, 0.2) is 5.79 Å². The van der Waals surface area contributed by atoms with Crippen molar-refractivity contribution in [3.05, 3.63) is 71.8 Å². The van der Waals surface area contributed by atoms with Crippen molar-refractivity contribution in [3.8, 4) is 0 Å². The summed E-state index contributed by atoms with van der Waals surface area (Å²) in [4.78, 5) is 0. The molecule has 0 bridgehead atoms. The van der Waals surface area contributed by atoms with Crippen LogP contribution in [0.2, 0.25) is 0 Å². The van der Waals surface area contributed by atoms with Gasteiger partial charge in [-0.05, 0) is 24.0 Å². The number of hydrogen-bond acceptors (Lipinski definition) is 6. The third-order valence-electron chi connectivity index (χ3n) is 7.09. The van der Waals surface area contributed by atoms with Gasteiger partial charge in [-0.15, -0.1) is 0 Å². The third kappa shape index (κ3) is 4.12. The molecule has 1 heterocycles. The summed E-state index contributed by atoms with van der Waals surface area (Å²) in [5.41, 5.74) is 0.782. The summed E-state index contributed by atoms with van der Waals surface area (Å²) in [5.74, 6) is -0.694. The summed E-state index contributed by atoms with van der Waals surface area (Å²) < 4.78 is 25.4. The van der Waals surface area contributed by atoms with E-state index >= 15 is 0 Å². The molecule has 0 aromatic heterocycles. The number of aliphatic hydroxyl groups is 2. The number of aliphatic hydroxyl groups excluding tert-OH is 2. The van der Waals surface area contributed by atoms with Crippen molar-refractivity contribution < 1.29 is 29.2 Å². The van der Waals surface area contributed by atoms with Gasteiger partial charge in [-0.1, -0.05) is 67.1 Å². The monoisotopic (exact) mass is 440 g/mol. The van der Waals surface area contributed by atoms with Crippen LogP contribution < -0.4 is 0 Å². The van der Waals surface area contributed by atoms with Crippen molar-refractivity contribution in [1.82, 2.24) is 0 Å². The van der Waals surface area contributed by atoms with Crippen LogP contribution in [0.25, 0.3) is 0 Å². The van der Waals surface area contributed by atoms with E-state index in [-0.39, 0.29) is 13.2 Å². The molecule has 5 unspecified atom stereocenters. The molecule has 0 radical (unpaired) electrons. The van der Waals surface area contributed by atoms with Gasteiger partial charge in [0.05, 0.1) is 19.8 Å². The molecule has 0 amide bonds. The number of rotatable bonds is 6. The van der Waals surface area contributed by atoms with Gasteiger partial charge < -0.3 is 29.2 Å². The maximum absolute atomic E-state index is 11.2. The molecule has 1 spiro atoms. The quantitative estimate of drug-likeness (QED) is 0.718. The van der Waals surface area contributed by atoms with Crippen LogP contribution in [0.5, 0.6) is 0 Å². The van der Waals surface area contributed by atoms with Crippen LogP contribution in [0.1, 0.15) is 43.2 Å². The molecule has 1 saturated heterocycles. The molecule has 6 nitrogen and oxygen atoms in total. The first-order chi connectivity index (χ1) is 15.6. The smallest absolute Gasteiger partial charge is 0.169 e. The summed E-state index contributed by atoms with van der Waals surface area (Å²) in [6.07, 6.45) is 1.16. The molecule has 2 N–H and O–H groups in total. The van der Waals surface area contributed by atoms with E-state index in [0.29, 0.717) is 6.61 Å².